The molecule has 204 valence electrons. The molecular formula is C26H32F3NO7. The number of hydrogen-bond acceptors (Lipinski definition) is 6. The predicted molar refractivity (Wildman–Crippen MR) is 129 cm³/mol. The lowest BCUT2D eigenvalue weighted by Gasteiger charge is -2.22. The second-order valence-electron chi connectivity index (χ2n) is 7.98. The van der Waals surface area contributed by atoms with Gasteiger partial charge >= 0.3 is 18.2 Å². The Morgan fingerprint density at radius 3 is 2.24 bits per heavy atom. The van der Waals surface area contributed by atoms with Gasteiger partial charge in [-0.2, -0.15) is 13.2 Å². The van der Waals surface area contributed by atoms with Crippen molar-refractivity contribution in [1.29, 1.82) is 0 Å². The van der Waals surface area contributed by atoms with E-state index in [0.717, 1.165) is 5.56 Å². The van der Waals surface area contributed by atoms with Crippen LogP contribution in [0.3, 0.4) is 0 Å². The van der Waals surface area contributed by atoms with E-state index >= 15 is 0 Å². The molecule has 0 saturated carbocycles. The summed E-state index contributed by atoms with van der Waals surface area (Å²) < 4.78 is 58.3. The van der Waals surface area contributed by atoms with Gasteiger partial charge in [0.05, 0.1) is 13.2 Å². The smallest absolute Gasteiger partial charge is 0.415 e. The van der Waals surface area contributed by atoms with E-state index in [-0.39, 0.29) is 45.8 Å². The van der Waals surface area contributed by atoms with Gasteiger partial charge in [0.2, 0.25) is 0 Å². The van der Waals surface area contributed by atoms with Crippen molar-refractivity contribution in [2.24, 2.45) is 0 Å². The maximum atomic E-state index is 12.6. The molecule has 0 aliphatic heterocycles. The molecule has 1 unspecified atom stereocenters. The minimum Gasteiger partial charge on any atom is -0.492 e. The third-order valence-electron chi connectivity index (χ3n) is 5.08. The van der Waals surface area contributed by atoms with Crippen molar-refractivity contribution in [3.63, 3.8) is 0 Å². The van der Waals surface area contributed by atoms with Crippen molar-refractivity contribution in [1.82, 2.24) is 4.90 Å². The highest BCUT2D eigenvalue weighted by Gasteiger charge is 2.26. The van der Waals surface area contributed by atoms with Crippen molar-refractivity contribution in [3.05, 3.63) is 60.2 Å². The Kier molecular flexibility index (Phi) is 12.7. The Morgan fingerprint density at radius 1 is 0.946 bits per heavy atom. The number of carboxylic acids is 1. The fourth-order valence-corrected chi connectivity index (χ4v) is 3.23. The lowest BCUT2D eigenvalue weighted by molar-refractivity contribution is -0.150. The Labute approximate surface area is 213 Å². The molecule has 0 aromatic heterocycles. The molecule has 0 heterocycles. The second kappa shape index (κ2) is 15.7. The van der Waals surface area contributed by atoms with Crippen LogP contribution in [-0.4, -0.2) is 73.9 Å². The number of para-hydroxylation sites is 1. The Hall–Kier alpha value is -3.31. The summed E-state index contributed by atoms with van der Waals surface area (Å²) in [5.41, 5.74) is 0.768. The molecule has 0 aliphatic carbocycles. The number of amides is 1. The molecule has 2 rings (SSSR count). The van der Waals surface area contributed by atoms with Crippen LogP contribution >= 0.6 is 0 Å². The summed E-state index contributed by atoms with van der Waals surface area (Å²) in [6, 6.07) is 15.3. The third kappa shape index (κ3) is 12.5. The minimum atomic E-state index is -4.23. The van der Waals surface area contributed by atoms with E-state index in [4.69, 9.17) is 18.9 Å². The summed E-state index contributed by atoms with van der Waals surface area (Å²) >= 11 is 0. The van der Waals surface area contributed by atoms with Crippen LogP contribution in [0.5, 0.6) is 11.5 Å². The van der Waals surface area contributed by atoms with E-state index in [2.05, 4.69) is 0 Å². The Morgan fingerprint density at radius 2 is 1.62 bits per heavy atom. The lowest BCUT2D eigenvalue weighted by Crippen LogP contribution is -2.39. The highest BCUT2D eigenvalue weighted by atomic mass is 19.4. The van der Waals surface area contributed by atoms with E-state index in [0.29, 0.717) is 18.1 Å². The fraction of sp³-hybridized carbons (Fsp3) is 0.462. The van der Waals surface area contributed by atoms with Gasteiger partial charge in [0.1, 0.15) is 18.1 Å². The zero-order valence-electron chi connectivity index (χ0n) is 20.6. The third-order valence-corrected chi connectivity index (χ3v) is 5.08. The topological polar surface area (TPSA) is 94.5 Å². The first-order valence-corrected chi connectivity index (χ1v) is 11.9. The lowest BCUT2D eigenvalue weighted by atomic mass is 10.1. The average Bonchev–Trinajstić information content (AvgIpc) is 2.85. The number of halogens is 3. The molecule has 0 radical (unpaired) electrons. The van der Waals surface area contributed by atoms with Crippen molar-refractivity contribution in [3.8, 4) is 11.5 Å². The number of alkyl halides is 3. The monoisotopic (exact) mass is 527 g/mol. The summed E-state index contributed by atoms with van der Waals surface area (Å²) in [4.78, 5) is 25.3. The van der Waals surface area contributed by atoms with Gasteiger partial charge in [-0.25, -0.2) is 9.59 Å². The fourth-order valence-electron chi connectivity index (χ4n) is 3.23. The van der Waals surface area contributed by atoms with Crippen molar-refractivity contribution >= 4 is 12.1 Å². The van der Waals surface area contributed by atoms with Gasteiger partial charge in [-0.05, 0) is 43.2 Å². The SMILES string of the molecule is CCOC(Cc1ccc(OCCN(CCOCCCC(F)(F)F)C(=O)Oc2ccccc2)cc1)C(=O)O. The quantitative estimate of drug-likeness (QED) is 0.309. The number of nitrogens with zero attached hydrogens (tertiary/aromatic N) is 1. The number of carbonyl (C=O) groups is 2. The van der Waals surface area contributed by atoms with Crippen molar-refractivity contribution < 1.29 is 46.8 Å². The highest BCUT2D eigenvalue weighted by Crippen LogP contribution is 2.21. The van der Waals surface area contributed by atoms with E-state index in [9.17, 15) is 27.9 Å². The molecule has 0 saturated heterocycles. The predicted octanol–water partition coefficient (Wildman–Crippen LogP) is 4.96. The van der Waals surface area contributed by atoms with E-state index < -0.39 is 30.8 Å². The van der Waals surface area contributed by atoms with Gasteiger partial charge in [-0.15, -0.1) is 0 Å². The normalized spacial score (nSPS) is 12.1. The Bertz CT molecular complexity index is 939. The van der Waals surface area contributed by atoms with Crippen LogP contribution in [0.15, 0.2) is 54.6 Å². The molecule has 8 nitrogen and oxygen atoms in total. The number of benzene rings is 2. The molecule has 0 spiro atoms. The minimum absolute atomic E-state index is 0.0427. The number of carbonyl (C=O) groups excluding carboxylic acids is 1. The molecule has 2 aromatic carbocycles. The van der Waals surface area contributed by atoms with Gasteiger partial charge in [0.25, 0.3) is 0 Å². The van der Waals surface area contributed by atoms with Crippen LogP contribution < -0.4 is 9.47 Å². The highest BCUT2D eigenvalue weighted by molar-refractivity contribution is 5.72. The first-order valence-electron chi connectivity index (χ1n) is 11.9. The zero-order valence-corrected chi connectivity index (χ0v) is 20.6. The summed E-state index contributed by atoms with van der Waals surface area (Å²) in [6.45, 7) is 2.36. The van der Waals surface area contributed by atoms with Gasteiger partial charge in [0.15, 0.2) is 6.10 Å². The average molecular weight is 528 g/mol. The number of hydrogen-bond donors (Lipinski definition) is 1. The maximum absolute atomic E-state index is 12.6. The summed E-state index contributed by atoms with van der Waals surface area (Å²) in [7, 11) is 0. The van der Waals surface area contributed by atoms with Crippen molar-refractivity contribution in [2.75, 3.05) is 39.5 Å². The largest absolute Gasteiger partial charge is 0.492 e. The van der Waals surface area contributed by atoms with Crippen LogP contribution in [0.25, 0.3) is 0 Å². The number of aliphatic carboxylic acids is 1. The molecule has 0 fully saturated rings. The second-order valence-corrected chi connectivity index (χ2v) is 7.98. The molecule has 0 aliphatic rings. The van der Waals surface area contributed by atoms with E-state index in [1.165, 1.54) is 4.90 Å². The number of carboxylic acid groups (broad SMARTS) is 1. The molecule has 11 heteroatoms. The first kappa shape index (κ1) is 29.9. The molecule has 0 bridgehead atoms. The van der Waals surface area contributed by atoms with Gasteiger partial charge in [-0.1, -0.05) is 30.3 Å². The molecule has 1 atom stereocenters. The number of rotatable bonds is 16. The molecular weight excluding hydrogens is 495 g/mol. The first-order chi connectivity index (χ1) is 17.7. The van der Waals surface area contributed by atoms with Crippen LogP contribution in [0.2, 0.25) is 0 Å². The number of ether oxygens (including phenoxy) is 4. The molecule has 2 aromatic rings. The van der Waals surface area contributed by atoms with Crippen LogP contribution in [0.1, 0.15) is 25.3 Å². The zero-order chi connectivity index (χ0) is 27.1. The molecule has 37 heavy (non-hydrogen) atoms. The van der Waals surface area contributed by atoms with Crippen LogP contribution in [0.4, 0.5) is 18.0 Å². The van der Waals surface area contributed by atoms with Crippen molar-refractivity contribution in [2.45, 2.75) is 38.5 Å². The summed E-state index contributed by atoms with van der Waals surface area (Å²) in [5, 5.41) is 9.22. The maximum Gasteiger partial charge on any atom is 0.415 e. The summed E-state index contributed by atoms with van der Waals surface area (Å²) in [5.74, 6) is -0.160. The summed E-state index contributed by atoms with van der Waals surface area (Å²) in [6.07, 6.45) is -6.68. The Balaban J connectivity index is 1.86. The van der Waals surface area contributed by atoms with Crippen LogP contribution in [-0.2, 0) is 20.7 Å². The van der Waals surface area contributed by atoms with Gasteiger partial charge in [0, 0.05) is 32.6 Å². The standard InChI is InChI=1S/C26H32F3NO7/c1-2-35-23(24(31)32)19-20-9-11-21(12-10-20)36-18-15-30(14-17-34-16-6-13-26(27,28)29)25(33)37-22-7-4-3-5-8-22/h3-5,7-12,23H,2,6,13-19H2,1H3,(H,31,32). The van der Waals surface area contributed by atoms with Gasteiger partial charge in [-0.3, -0.25) is 0 Å². The molecule has 1 N–H and O–H groups in total. The van der Waals surface area contributed by atoms with Gasteiger partial charge < -0.3 is 29.0 Å². The molecule has 1 amide bonds. The van der Waals surface area contributed by atoms with Crippen LogP contribution in [0, 0.1) is 0 Å². The van der Waals surface area contributed by atoms with E-state index in [1.54, 1.807) is 61.5 Å². The van der Waals surface area contributed by atoms with E-state index in [1.807, 2.05) is 0 Å².